The highest BCUT2D eigenvalue weighted by atomic mass is 79.9. The molecule has 1 saturated heterocycles. The van der Waals surface area contributed by atoms with Crippen LogP contribution in [0.15, 0.2) is 47.4 Å². The molecule has 2 N–H and O–H groups in total. The number of aromatic nitrogens is 1. The minimum Gasteiger partial charge on any atom is -0.365 e. The van der Waals surface area contributed by atoms with Crippen molar-refractivity contribution in [3.05, 3.63) is 81.3 Å². The summed E-state index contributed by atoms with van der Waals surface area (Å²) in [7, 11) is 0. The highest BCUT2D eigenvalue weighted by molar-refractivity contribution is 9.09. The topological polar surface area (TPSA) is 97.9 Å². The Hall–Kier alpha value is -2.89. The first kappa shape index (κ1) is 22.9. The number of halogens is 3. The van der Waals surface area contributed by atoms with E-state index < -0.39 is 34.6 Å². The Morgan fingerprint density at radius 3 is 2.76 bits per heavy atom. The molecular weight excluding hydrogens is 514 g/mol. The number of hydroxylamine groups is 2. The molecule has 4 atom stereocenters. The zero-order valence-corrected chi connectivity index (χ0v) is 19.7. The predicted octanol–water partition coefficient (Wildman–Crippen LogP) is 2.48. The molecule has 5 rings (SSSR count). The number of rotatable bonds is 3. The van der Waals surface area contributed by atoms with Crippen molar-refractivity contribution in [2.45, 2.75) is 42.5 Å². The fraction of sp³-hybridized carbons (Fsp3) is 0.348. The maximum absolute atomic E-state index is 14.3. The molecule has 0 radical (unpaired) electrons. The first-order valence-corrected chi connectivity index (χ1v) is 11.6. The summed E-state index contributed by atoms with van der Waals surface area (Å²) in [4.78, 5) is 45.1. The molecule has 3 aliphatic rings. The summed E-state index contributed by atoms with van der Waals surface area (Å²) in [6.45, 7) is 2.17. The minimum atomic E-state index is -0.979. The van der Waals surface area contributed by atoms with Crippen molar-refractivity contribution in [3.63, 3.8) is 0 Å². The van der Waals surface area contributed by atoms with E-state index in [1.165, 1.54) is 18.3 Å². The van der Waals surface area contributed by atoms with E-state index >= 15 is 0 Å². The summed E-state index contributed by atoms with van der Waals surface area (Å²) in [5, 5.41) is 1.56. The van der Waals surface area contributed by atoms with Crippen LogP contribution in [0.4, 0.5) is 8.78 Å². The first-order chi connectivity index (χ1) is 16.1. The van der Waals surface area contributed by atoms with Gasteiger partial charge in [0.2, 0.25) is 0 Å². The Balaban J connectivity index is 1.58. The molecule has 0 saturated carbocycles. The van der Waals surface area contributed by atoms with Gasteiger partial charge in [0, 0.05) is 42.9 Å². The van der Waals surface area contributed by atoms with Gasteiger partial charge < -0.3 is 15.2 Å². The first-order valence-electron chi connectivity index (χ1n) is 10.7. The zero-order chi connectivity index (χ0) is 24.4. The Bertz CT molecular complexity index is 1300. The maximum Gasteiger partial charge on any atom is 0.271 e. The van der Waals surface area contributed by atoms with Crippen molar-refractivity contribution in [1.82, 2.24) is 14.5 Å². The van der Waals surface area contributed by atoms with Crippen LogP contribution in [-0.2, 0) is 11.4 Å². The van der Waals surface area contributed by atoms with E-state index in [-0.39, 0.29) is 46.8 Å². The van der Waals surface area contributed by atoms with Gasteiger partial charge in [0.25, 0.3) is 11.8 Å². The van der Waals surface area contributed by atoms with Gasteiger partial charge in [-0.2, -0.15) is 5.06 Å². The van der Waals surface area contributed by atoms with Gasteiger partial charge in [-0.15, -0.1) is 0 Å². The highest BCUT2D eigenvalue weighted by Gasteiger charge is 2.54. The lowest BCUT2D eigenvalue weighted by atomic mass is 9.89. The van der Waals surface area contributed by atoms with E-state index in [4.69, 9.17) is 10.6 Å². The van der Waals surface area contributed by atoms with Crippen LogP contribution in [0.3, 0.4) is 0 Å². The molecule has 4 unspecified atom stereocenters. The van der Waals surface area contributed by atoms with Gasteiger partial charge in [-0.25, -0.2) is 8.78 Å². The number of nitrogens with zero attached hydrogens (tertiary/aromatic N) is 3. The summed E-state index contributed by atoms with van der Waals surface area (Å²) in [5.41, 5.74) is 3.96. The summed E-state index contributed by atoms with van der Waals surface area (Å²) in [6, 6.07) is 3.74. The molecule has 1 fully saturated rings. The van der Waals surface area contributed by atoms with Gasteiger partial charge >= 0.3 is 0 Å². The number of nitrogens with two attached hydrogens (primary N) is 1. The Labute approximate surface area is 201 Å². The summed E-state index contributed by atoms with van der Waals surface area (Å²) in [6.07, 6.45) is 5.48. The van der Waals surface area contributed by atoms with Crippen LogP contribution < -0.4 is 11.2 Å². The van der Waals surface area contributed by atoms with Crippen molar-refractivity contribution >= 4 is 27.7 Å². The molecule has 1 spiro atoms. The number of hydrogen-bond acceptors (Lipinski definition) is 5. The van der Waals surface area contributed by atoms with Crippen LogP contribution in [0.1, 0.15) is 45.8 Å². The van der Waals surface area contributed by atoms with Crippen LogP contribution in [-0.4, -0.2) is 49.5 Å². The van der Waals surface area contributed by atoms with Gasteiger partial charge in [0.05, 0.1) is 17.5 Å². The molecule has 1 aromatic heterocycles. The quantitative estimate of drug-likeness (QED) is 0.370. The van der Waals surface area contributed by atoms with Crippen molar-refractivity contribution in [1.29, 1.82) is 0 Å². The fourth-order valence-electron chi connectivity index (χ4n) is 4.85. The van der Waals surface area contributed by atoms with Crippen LogP contribution >= 0.6 is 15.9 Å². The van der Waals surface area contributed by atoms with E-state index in [9.17, 15) is 23.2 Å². The summed E-state index contributed by atoms with van der Waals surface area (Å²) in [5.74, 6) is -2.57. The molecule has 2 bridgehead atoms. The van der Waals surface area contributed by atoms with Gasteiger partial charge in [0.15, 0.2) is 5.43 Å². The number of alkyl halides is 1. The number of benzene rings is 1. The highest BCUT2D eigenvalue weighted by Crippen LogP contribution is 2.47. The largest absolute Gasteiger partial charge is 0.365 e. The number of primary amides is 1. The SMILES string of the molecule is CC1C=CC2(CC(Br)N(Cc3ccc(F)cc3F)O2)C2CN1C(=O)c1cc(=O)c(C(N)=O)cn12. The lowest BCUT2D eigenvalue weighted by Crippen LogP contribution is -2.52. The average molecular weight is 535 g/mol. The van der Waals surface area contributed by atoms with Crippen LogP contribution in [0, 0.1) is 11.6 Å². The number of carbonyl (C=O) groups excluding carboxylic acids is 2. The van der Waals surface area contributed by atoms with Gasteiger partial charge in [-0.1, -0.05) is 34.1 Å². The molecule has 8 nitrogen and oxygen atoms in total. The van der Waals surface area contributed by atoms with Crippen LogP contribution in [0.5, 0.6) is 0 Å². The number of carbonyl (C=O) groups is 2. The molecule has 2 amide bonds. The van der Waals surface area contributed by atoms with E-state index in [1.54, 1.807) is 14.5 Å². The molecule has 3 aliphatic heterocycles. The fourth-order valence-corrected chi connectivity index (χ4v) is 5.58. The minimum absolute atomic E-state index is 0.0477. The molecule has 0 aliphatic carbocycles. The van der Waals surface area contributed by atoms with E-state index in [1.807, 2.05) is 19.1 Å². The monoisotopic (exact) mass is 534 g/mol. The lowest BCUT2D eigenvalue weighted by Gasteiger charge is -2.42. The van der Waals surface area contributed by atoms with Crippen molar-refractivity contribution in [3.8, 4) is 0 Å². The number of hydrogen-bond donors (Lipinski definition) is 1. The zero-order valence-electron chi connectivity index (χ0n) is 18.1. The second kappa shape index (κ2) is 8.10. The van der Waals surface area contributed by atoms with E-state index in [2.05, 4.69) is 15.9 Å². The molecule has 34 heavy (non-hydrogen) atoms. The average Bonchev–Trinajstić information content (AvgIpc) is 3.03. The van der Waals surface area contributed by atoms with Crippen LogP contribution in [0.2, 0.25) is 0 Å². The third-order valence-electron chi connectivity index (χ3n) is 6.67. The molecule has 1 aromatic carbocycles. The standard InChI is InChI=1S/C23H21BrF2N4O4/c1-12-4-5-23(8-20(24)30(34-23)9-13-2-3-14(25)6-16(13)26)19-11-28(12)22(33)17-7-18(31)15(21(27)32)10-29(17)19/h2-7,10,12,19-20H,8-9,11H2,1H3,(H2,27,32). The van der Waals surface area contributed by atoms with Crippen molar-refractivity contribution in [2.24, 2.45) is 5.73 Å². The third kappa shape index (κ3) is 3.58. The second-order valence-electron chi connectivity index (χ2n) is 8.78. The van der Waals surface area contributed by atoms with Crippen molar-refractivity contribution < 1.29 is 23.2 Å². The number of fused-ring (bicyclic) bond motifs is 5. The smallest absolute Gasteiger partial charge is 0.271 e. The summed E-state index contributed by atoms with van der Waals surface area (Å²) >= 11 is 3.60. The summed E-state index contributed by atoms with van der Waals surface area (Å²) < 4.78 is 29.2. The number of pyridine rings is 1. The lowest BCUT2D eigenvalue weighted by molar-refractivity contribution is -0.200. The maximum atomic E-state index is 14.3. The van der Waals surface area contributed by atoms with Gasteiger partial charge in [-0.3, -0.25) is 19.2 Å². The Morgan fingerprint density at radius 1 is 1.29 bits per heavy atom. The van der Waals surface area contributed by atoms with Crippen molar-refractivity contribution in [2.75, 3.05) is 6.54 Å². The third-order valence-corrected chi connectivity index (χ3v) is 7.45. The molecule has 2 aromatic rings. The van der Waals surface area contributed by atoms with Gasteiger partial charge in [-0.05, 0) is 13.0 Å². The Kier molecular flexibility index (Phi) is 5.45. The molecule has 11 heteroatoms. The molecular formula is C23H21BrF2N4O4. The van der Waals surface area contributed by atoms with E-state index in [0.29, 0.717) is 6.42 Å². The normalized spacial score (nSPS) is 28.3. The molecule has 178 valence electrons. The predicted molar refractivity (Wildman–Crippen MR) is 121 cm³/mol. The van der Waals surface area contributed by atoms with E-state index in [0.717, 1.165) is 12.1 Å². The number of amides is 2. The molecule has 4 heterocycles. The Morgan fingerprint density at radius 2 is 2.06 bits per heavy atom. The van der Waals surface area contributed by atoms with Crippen LogP contribution in [0.25, 0.3) is 0 Å². The van der Waals surface area contributed by atoms with Gasteiger partial charge in [0.1, 0.15) is 28.5 Å². The second-order valence-corrected chi connectivity index (χ2v) is 9.83.